The number of primary sulfonamides is 1. The molecule has 1 heterocycles. The predicted octanol–water partition coefficient (Wildman–Crippen LogP) is 0.784. The summed E-state index contributed by atoms with van der Waals surface area (Å²) in [6.45, 7) is 1.73. The molecule has 0 radical (unpaired) electrons. The van der Waals surface area contributed by atoms with E-state index in [0.29, 0.717) is 16.7 Å². The molecule has 1 aromatic carbocycles. The Morgan fingerprint density at radius 2 is 2.14 bits per heavy atom. The van der Waals surface area contributed by atoms with Gasteiger partial charge in [0.15, 0.2) is 5.58 Å². The van der Waals surface area contributed by atoms with Crippen molar-refractivity contribution in [1.82, 2.24) is 5.16 Å². The van der Waals surface area contributed by atoms with Gasteiger partial charge in [0.25, 0.3) is 0 Å². The summed E-state index contributed by atoms with van der Waals surface area (Å²) in [5, 5.41) is 9.36. The van der Waals surface area contributed by atoms with Crippen molar-refractivity contribution in [1.29, 1.82) is 0 Å². The van der Waals surface area contributed by atoms with Crippen LogP contribution in [0.25, 0.3) is 11.0 Å². The van der Waals surface area contributed by atoms with E-state index in [1.807, 2.05) is 0 Å². The van der Waals surface area contributed by atoms with Gasteiger partial charge >= 0.3 is 0 Å². The van der Waals surface area contributed by atoms with Crippen molar-refractivity contribution in [3.8, 4) is 0 Å². The van der Waals surface area contributed by atoms with Gasteiger partial charge < -0.3 is 4.52 Å². The van der Waals surface area contributed by atoms with Crippen LogP contribution in [0.2, 0.25) is 0 Å². The van der Waals surface area contributed by atoms with Crippen LogP contribution in [0, 0.1) is 6.92 Å². The van der Waals surface area contributed by atoms with E-state index < -0.39 is 10.0 Å². The highest BCUT2D eigenvalue weighted by atomic mass is 32.2. The summed E-state index contributed by atoms with van der Waals surface area (Å²) in [4.78, 5) is 0.0660. The van der Waals surface area contributed by atoms with Gasteiger partial charge in [0.05, 0.1) is 10.6 Å². The number of aromatic nitrogens is 1. The highest BCUT2D eigenvalue weighted by molar-refractivity contribution is 7.89. The van der Waals surface area contributed by atoms with Gasteiger partial charge in [-0.05, 0) is 25.1 Å². The van der Waals surface area contributed by atoms with Gasteiger partial charge in [0.2, 0.25) is 10.0 Å². The molecule has 0 fully saturated rings. The zero-order valence-corrected chi connectivity index (χ0v) is 8.21. The van der Waals surface area contributed by atoms with Crippen LogP contribution in [-0.4, -0.2) is 13.6 Å². The van der Waals surface area contributed by atoms with Gasteiger partial charge in [-0.3, -0.25) is 0 Å². The van der Waals surface area contributed by atoms with Gasteiger partial charge in [0.1, 0.15) is 0 Å². The Labute approximate surface area is 80.5 Å². The summed E-state index contributed by atoms with van der Waals surface area (Å²) in [6.07, 6.45) is 0. The van der Waals surface area contributed by atoms with Gasteiger partial charge in [-0.15, -0.1) is 0 Å². The van der Waals surface area contributed by atoms with Crippen LogP contribution in [-0.2, 0) is 10.0 Å². The van der Waals surface area contributed by atoms with Crippen LogP contribution in [0.15, 0.2) is 27.6 Å². The molecule has 2 N–H and O–H groups in total. The molecule has 1 aromatic heterocycles. The van der Waals surface area contributed by atoms with E-state index in [1.165, 1.54) is 18.2 Å². The number of hydrogen-bond donors (Lipinski definition) is 1. The molecule has 0 atom stereocenters. The first-order valence-corrected chi connectivity index (χ1v) is 5.42. The molecule has 0 aliphatic heterocycles. The monoisotopic (exact) mass is 212 g/mol. The Bertz CT molecular complexity index is 586. The minimum absolute atomic E-state index is 0.0660. The molecule has 0 saturated carbocycles. The SMILES string of the molecule is Cc1noc2ccc(S(N)(=O)=O)cc12. The zero-order valence-electron chi connectivity index (χ0n) is 7.39. The lowest BCUT2D eigenvalue weighted by atomic mass is 10.2. The molecule has 0 unspecified atom stereocenters. The van der Waals surface area contributed by atoms with E-state index >= 15 is 0 Å². The highest BCUT2D eigenvalue weighted by Gasteiger charge is 2.11. The second-order valence-electron chi connectivity index (χ2n) is 2.97. The van der Waals surface area contributed by atoms with Crippen molar-refractivity contribution in [3.63, 3.8) is 0 Å². The fourth-order valence-corrected chi connectivity index (χ4v) is 1.76. The third-order valence-corrected chi connectivity index (χ3v) is 2.86. The average Bonchev–Trinajstić information content (AvgIpc) is 2.46. The van der Waals surface area contributed by atoms with E-state index in [-0.39, 0.29) is 4.90 Å². The van der Waals surface area contributed by atoms with Gasteiger partial charge in [0, 0.05) is 5.39 Å². The third-order valence-electron chi connectivity index (χ3n) is 1.95. The van der Waals surface area contributed by atoms with Crippen molar-refractivity contribution < 1.29 is 12.9 Å². The molecule has 0 amide bonds. The number of benzene rings is 1. The normalized spacial score (nSPS) is 12.1. The fraction of sp³-hybridized carbons (Fsp3) is 0.125. The molecule has 0 bridgehead atoms. The second-order valence-corrected chi connectivity index (χ2v) is 4.53. The smallest absolute Gasteiger partial charge is 0.238 e. The van der Waals surface area contributed by atoms with Gasteiger partial charge in [-0.2, -0.15) is 0 Å². The van der Waals surface area contributed by atoms with E-state index in [2.05, 4.69) is 5.16 Å². The minimum atomic E-state index is -3.66. The fourth-order valence-electron chi connectivity index (χ4n) is 1.22. The summed E-state index contributed by atoms with van der Waals surface area (Å²) in [5.41, 5.74) is 1.19. The van der Waals surface area contributed by atoms with Crippen LogP contribution in [0.1, 0.15) is 5.69 Å². The molecule has 2 rings (SSSR count). The average molecular weight is 212 g/mol. The Hall–Kier alpha value is -1.40. The first-order valence-electron chi connectivity index (χ1n) is 3.87. The summed E-state index contributed by atoms with van der Waals surface area (Å²) >= 11 is 0. The Morgan fingerprint density at radius 3 is 2.79 bits per heavy atom. The first-order chi connectivity index (χ1) is 6.48. The van der Waals surface area contributed by atoms with Crippen LogP contribution < -0.4 is 5.14 Å². The Morgan fingerprint density at radius 1 is 1.43 bits per heavy atom. The van der Waals surface area contributed by atoms with E-state index in [4.69, 9.17) is 9.66 Å². The maximum atomic E-state index is 11.0. The summed E-state index contributed by atoms with van der Waals surface area (Å²) in [7, 11) is -3.66. The van der Waals surface area contributed by atoms with Crippen molar-refractivity contribution >= 4 is 21.0 Å². The first kappa shape index (κ1) is 9.17. The predicted molar refractivity (Wildman–Crippen MR) is 50.1 cm³/mol. The quantitative estimate of drug-likeness (QED) is 0.756. The number of rotatable bonds is 1. The van der Waals surface area contributed by atoms with Gasteiger partial charge in [-0.25, -0.2) is 13.6 Å². The number of nitrogens with zero attached hydrogens (tertiary/aromatic N) is 1. The van der Waals surface area contributed by atoms with Crippen LogP contribution in [0.5, 0.6) is 0 Å². The van der Waals surface area contributed by atoms with Crippen molar-refractivity contribution in [2.75, 3.05) is 0 Å². The maximum absolute atomic E-state index is 11.0. The van der Waals surface area contributed by atoms with E-state index in [1.54, 1.807) is 6.92 Å². The minimum Gasteiger partial charge on any atom is -0.356 e. The number of nitrogens with two attached hydrogens (primary N) is 1. The Kier molecular flexibility index (Phi) is 1.83. The summed E-state index contributed by atoms with van der Waals surface area (Å²) < 4.78 is 27.0. The lowest BCUT2D eigenvalue weighted by Gasteiger charge is -1.96. The van der Waals surface area contributed by atoms with Crippen LogP contribution >= 0.6 is 0 Å². The molecule has 5 nitrogen and oxygen atoms in total. The summed E-state index contributed by atoms with van der Waals surface area (Å²) in [6, 6.07) is 4.38. The lowest BCUT2D eigenvalue weighted by Crippen LogP contribution is -2.11. The number of sulfonamides is 1. The second kappa shape index (κ2) is 2.79. The molecule has 0 saturated heterocycles. The topological polar surface area (TPSA) is 86.2 Å². The van der Waals surface area contributed by atoms with E-state index in [9.17, 15) is 8.42 Å². The molecular weight excluding hydrogens is 204 g/mol. The molecule has 0 spiro atoms. The molecule has 0 aliphatic carbocycles. The molecular formula is C8H8N2O3S. The molecule has 6 heteroatoms. The van der Waals surface area contributed by atoms with Crippen molar-refractivity contribution in [2.24, 2.45) is 5.14 Å². The lowest BCUT2D eigenvalue weighted by molar-refractivity contribution is 0.450. The maximum Gasteiger partial charge on any atom is 0.238 e. The number of hydrogen-bond acceptors (Lipinski definition) is 4. The third kappa shape index (κ3) is 1.38. The highest BCUT2D eigenvalue weighted by Crippen LogP contribution is 2.20. The van der Waals surface area contributed by atoms with E-state index in [0.717, 1.165) is 0 Å². The zero-order chi connectivity index (χ0) is 10.3. The number of fused-ring (bicyclic) bond motifs is 1. The largest absolute Gasteiger partial charge is 0.356 e. The standard InChI is InChI=1S/C8H8N2O3S/c1-5-7-4-6(14(9,11)12)2-3-8(7)13-10-5/h2-4H,1H3,(H2,9,11,12). The van der Waals surface area contributed by atoms with Crippen LogP contribution in [0.4, 0.5) is 0 Å². The van der Waals surface area contributed by atoms with Crippen molar-refractivity contribution in [2.45, 2.75) is 11.8 Å². The molecule has 14 heavy (non-hydrogen) atoms. The van der Waals surface area contributed by atoms with Gasteiger partial charge in [-0.1, -0.05) is 5.16 Å². The Balaban J connectivity index is 2.79. The molecule has 2 aromatic rings. The molecule has 0 aliphatic rings. The van der Waals surface area contributed by atoms with Crippen molar-refractivity contribution in [3.05, 3.63) is 23.9 Å². The molecule has 74 valence electrons. The summed E-state index contributed by atoms with van der Waals surface area (Å²) in [5.74, 6) is 0. The number of aryl methyl sites for hydroxylation is 1. The van der Waals surface area contributed by atoms with Crippen LogP contribution in [0.3, 0.4) is 0 Å².